The standard InChI is InChI=1S/C35H38O7/c36-21-31(37)33(40-23-28-15-7-2-8-16-28)35(42-25-30-19-11-4-12-20-30)34(41-24-29-17-9-3-10-18-29)32(38)26-39-22-27-13-5-1-6-14-27/h1-20,32-36,38H,21-26H2/t32-,33+,34+,35-/m1/s1. The minimum absolute atomic E-state index is 0.0712. The van der Waals surface area contributed by atoms with Crippen LogP contribution in [-0.4, -0.2) is 53.6 Å². The van der Waals surface area contributed by atoms with Gasteiger partial charge in [-0.25, -0.2) is 0 Å². The molecule has 0 aromatic heterocycles. The van der Waals surface area contributed by atoms with Crippen LogP contribution in [0.15, 0.2) is 121 Å². The number of Topliss-reactive ketones (excluding diaryl/α,β-unsaturated/α-hetero) is 1. The first-order valence-electron chi connectivity index (χ1n) is 14.0. The highest BCUT2D eigenvalue weighted by Crippen LogP contribution is 2.22. The molecule has 0 aliphatic carbocycles. The first kappa shape index (κ1) is 31.3. The van der Waals surface area contributed by atoms with Crippen LogP contribution in [-0.2, 0) is 50.2 Å². The molecule has 4 rings (SSSR count). The Kier molecular flexibility index (Phi) is 12.9. The van der Waals surface area contributed by atoms with E-state index in [-0.39, 0.29) is 26.4 Å². The Bertz CT molecular complexity index is 1290. The molecule has 4 aromatic rings. The van der Waals surface area contributed by atoms with E-state index in [9.17, 15) is 15.0 Å². The summed E-state index contributed by atoms with van der Waals surface area (Å²) in [7, 11) is 0. The predicted octanol–water partition coefficient (Wildman–Crippen LogP) is 4.88. The lowest BCUT2D eigenvalue weighted by atomic mass is 9.99. The molecule has 0 amide bonds. The lowest BCUT2D eigenvalue weighted by Gasteiger charge is -2.35. The van der Waals surface area contributed by atoms with Crippen LogP contribution >= 0.6 is 0 Å². The van der Waals surface area contributed by atoms with Crippen LogP contribution in [0.1, 0.15) is 22.3 Å². The van der Waals surface area contributed by atoms with Crippen molar-refractivity contribution >= 4 is 5.78 Å². The molecule has 7 heteroatoms. The van der Waals surface area contributed by atoms with Gasteiger partial charge in [-0.3, -0.25) is 4.79 Å². The molecule has 220 valence electrons. The molecular weight excluding hydrogens is 532 g/mol. The number of benzene rings is 4. The summed E-state index contributed by atoms with van der Waals surface area (Å²) in [4.78, 5) is 13.2. The quantitative estimate of drug-likeness (QED) is 0.176. The second-order valence-corrected chi connectivity index (χ2v) is 9.93. The molecular formula is C35H38O7. The van der Waals surface area contributed by atoms with Crippen molar-refractivity contribution < 1.29 is 34.0 Å². The monoisotopic (exact) mass is 570 g/mol. The molecule has 0 spiro atoms. The van der Waals surface area contributed by atoms with Crippen molar-refractivity contribution in [3.63, 3.8) is 0 Å². The summed E-state index contributed by atoms with van der Waals surface area (Å²) in [5, 5.41) is 21.4. The van der Waals surface area contributed by atoms with Gasteiger partial charge in [-0.2, -0.15) is 0 Å². The van der Waals surface area contributed by atoms with Gasteiger partial charge in [-0.05, 0) is 22.3 Å². The maximum absolute atomic E-state index is 13.2. The average Bonchev–Trinajstić information content (AvgIpc) is 3.05. The molecule has 7 nitrogen and oxygen atoms in total. The van der Waals surface area contributed by atoms with Gasteiger partial charge in [0.05, 0.1) is 33.0 Å². The van der Waals surface area contributed by atoms with Crippen molar-refractivity contribution in [2.45, 2.75) is 50.8 Å². The number of rotatable bonds is 18. The summed E-state index contributed by atoms with van der Waals surface area (Å²) < 4.78 is 24.6. The maximum Gasteiger partial charge on any atom is 0.189 e. The second kappa shape index (κ2) is 17.3. The SMILES string of the molecule is O=C(CO)[C@H](OCc1ccccc1)[C@@H](OCc1ccccc1)[C@@H](OCc1ccccc1)[C@H](O)COCc1ccccc1. The van der Waals surface area contributed by atoms with Crippen LogP contribution < -0.4 is 0 Å². The van der Waals surface area contributed by atoms with E-state index in [1.165, 1.54) is 0 Å². The molecule has 0 fully saturated rings. The lowest BCUT2D eigenvalue weighted by molar-refractivity contribution is -0.191. The van der Waals surface area contributed by atoms with E-state index in [0.717, 1.165) is 22.3 Å². The Balaban J connectivity index is 1.59. The van der Waals surface area contributed by atoms with E-state index in [4.69, 9.17) is 18.9 Å². The van der Waals surface area contributed by atoms with Gasteiger partial charge in [0.25, 0.3) is 0 Å². The number of carbonyl (C=O) groups excluding carboxylic acids is 1. The molecule has 0 heterocycles. The number of carbonyl (C=O) groups is 1. The molecule has 0 aliphatic rings. The highest BCUT2D eigenvalue weighted by molar-refractivity contribution is 5.84. The third-order valence-corrected chi connectivity index (χ3v) is 6.72. The Hall–Kier alpha value is -3.69. The fraction of sp³-hybridized carbons (Fsp3) is 0.286. The predicted molar refractivity (Wildman–Crippen MR) is 159 cm³/mol. The molecule has 0 radical (unpaired) electrons. The molecule has 4 atom stereocenters. The molecule has 0 aliphatic heterocycles. The van der Waals surface area contributed by atoms with Crippen molar-refractivity contribution in [2.24, 2.45) is 0 Å². The van der Waals surface area contributed by atoms with E-state index >= 15 is 0 Å². The largest absolute Gasteiger partial charge is 0.388 e. The van der Waals surface area contributed by atoms with Crippen LogP contribution in [0.2, 0.25) is 0 Å². The first-order valence-corrected chi connectivity index (χ1v) is 14.0. The fourth-order valence-electron chi connectivity index (χ4n) is 4.50. The Morgan fingerprint density at radius 2 is 0.929 bits per heavy atom. The Morgan fingerprint density at radius 3 is 1.36 bits per heavy atom. The number of ether oxygens (including phenoxy) is 4. The van der Waals surface area contributed by atoms with Crippen molar-refractivity contribution in [3.8, 4) is 0 Å². The zero-order chi connectivity index (χ0) is 29.4. The molecule has 0 saturated heterocycles. The highest BCUT2D eigenvalue weighted by Gasteiger charge is 2.40. The van der Waals surface area contributed by atoms with Crippen molar-refractivity contribution in [1.82, 2.24) is 0 Å². The lowest BCUT2D eigenvalue weighted by Crippen LogP contribution is -2.53. The fourth-order valence-corrected chi connectivity index (χ4v) is 4.50. The molecule has 2 N–H and O–H groups in total. The van der Waals surface area contributed by atoms with E-state index in [1.807, 2.05) is 121 Å². The summed E-state index contributed by atoms with van der Waals surface area (Å²) in [6.45, 7) is -0.130. The van der Waals surface area contributed by atoms with Gasteiger partial charge >= 0.3 is 0 Å². The summed E-state index contributed by atoms with van der Waals surface area (Å²) >= 11 is 0. The number of hydrogen-bond acceptors (Lipinski definition) is 7. The van der Waals surface area contributed by atoms with E-state index in [2.05, 4.69) is 0 Å². The van der Waals surface area contributed by atoms with E-state index in [0.29, 0.717) is 6.61 Å². The van der Waals surface area contributed by atoms with Gasteiger partial charge in [0.2, 0.25) is 0 Å². The minimum atomic E-state index is -1.22. The van der Waals surface area contributed by atoms with Crippen LogP contribution in [0.3, 0.4) is 0 Å². The van der Waals surface area contributed by atoms with Crippen molar-refractivity contribution in [3.05, 3.63) is 144 Å². The average molecular weight is 571 g/mol. The number of hydrogen-bond donors (Lipinski definition) is 2. The van der Waals surface area contributed by atoms with Crippen molar-refractivity contribution in [2.75, 3.05) is 13.2 Å². The van der Waals surface area contributed by atoms with Crippen molar-refractivity contribution in [1.29, 1.82) is 0 Å². The zero-order valence-corrected chi connectivity index (χ0v) is 23.5. The number of aliphatic hydroxyl groups is 2. The molecule has 0 saturated carbocycles. The smallest absolute Gasteiger partial charge is 0.189 e. The van der Waals surface area contributed by atoms with Gasteiger partial charge < -0.3 is 29.2 Å². The maximum atomic E-state index is 13.2. The minimum Gasteiger partial charge on any atom is -0.388 e. The summed E-state index contributed by atoms with van der Waals surface area (Å²) in [6, 6.07) is 38.1. The third-order valence-electron chi connectivity index (χ3n) is 6.72. The van der Waals surface area contributed by atoms with Gasteiger partial charge in [-0.15, -0.1) is 0 Å². The Morgan fingerprint density at radius 1 is 0.548 bits per heavy atom. The van der Waals surface area contributed by atoms with E-state index in [1.54, 1.807) is 0 Å². The van der Waals surface area contributed by atoms with Gasteiger partial charge in [0.15, 0.2) is 5.78 Å². The summed E-state index contributed by atoms with van der Waals surface area (Å²) in [5.74, 6) is -0.574. The van der Waals surface area contributed by atoms with E-state index < -0.39 is 36.8 Å². The topological polar surface area (TPSA) is 94.5 Å². The van der Waals surface area contributed by atoms with Crippen LogP contribution in [0, 0.1) is 0 Å². The van der Waals surface area contributed by atoms with Gasteiger partial charge in [-0.1, -0.05) is 121 Å². The Labute approximate surface area is 247 Å². The third kappa shape index (κ3) is 9.99. The highest BCUT2D eigenvalue weighted by atomic mass is 16.6. The van der Waals surface area contributed by atoms with Gasteiger partial charge in [0.1, 0.15) is 31.0 Å². The second-order valence-electron chi connectivity index (χ2n) is 9.93. The zero-order valence-electron chi connectivity index (χ0n) is 23.5. The van der Waals surface area contributed by atoms with Crippen LogP contribution in [0.5, 0.6) is 0 Å². The number of aliphatic hydroxyl groups excluding tert-OH is 2. The molecule has 0 bridgehead atoms. The molecule has 4 aromatic carbocycles. The first-order chi connectivity index (χ1) is 20.6. The molecule has 42 heavy (non-hydrogen) atoms. The molecule has 0 unspecified atom stereocenters. The number of ketones is 1. The summed E-state index contributed by atoms with van der Waals surface area (Å²) in [5.41, 5.74) is 3.57. The van der Waals surface area contributed by atoms with Crippen LogP contribution in [0.4, 0.5) is 0 Å². The van der Waals surface area contributed by atoms with Gasteiger partial charge in [0, 0.05) is 0 Å². The summed E-state index contributed by atoms with van der Waals surface area (Å²) in [6.07, 6.45) is -4.48. The normalized spacial score (nSPS) is 14.1. The van der Waals surface area contributed by atoms with Crippen LogP contribution in [0.25, 0.3) is 0 Å².